The number of piperidine rings is 1. The van der Waals surface area contributed by atoms with E-state index in [0.717, 1.165) is 31.6 Å². The summed E-state index contributed by atoms with van der Waals surface area (Å²) in [5, 5.41) is 3.34. The van der Waals surface area contributed by atoms with Gasteiger partial charge in [-0.15, -0.1) is 24.8 Å². The molecule has 2 rings (SSSR count). The average molecular weight is 306 g/mol. The van der Waals surface area contributed by atoms with Crippen molar-refractivity contribution in [3.05, 3.63) is 29.6 Å². The van der Waals surface area contributed by atoms with Gasteiger partial charge in [0.25, 0.3) is 5.91 Å². The monoisotopic (exact) mass is 305 g/mol. The fraction of sp³-hybridized carbons (Fsp3) is 0.538. The van der Waals surface area contributed by atoms with E-state index in [1.807, 2.05) is 12.1 Å². The van der Waals surface area contributed by atoms with E-state index >= 15 is 0 Å². The highest BCUT2D eigenvalue weighted by molar-refractivity contribution is 5.91. The van der Waals surface area contributed by atoms with Crippen LogP contribution in [0.2, 0.25) is 0 Å². The van der Waals surface area contributed by atoms with Crippen molar-refractivity contribution in [2.75, 3.05) is 27.2 Å². The van der Waals surface area contributed by atoms with Crippen molar-refractivity contribution in [2.45, 2.75) is 18.8 Å². The van der Waals surface area contributed by atoms with Crippen molar-refractivity contribution in [3.8, 4) is 0 Å². The number of rotatable bonds is 2. The SMILES string of the molecule is CN(C)C(=O)c1cccc(C2CCNCC2)n1.Cl.Cl. The summed E-state index contributed by atoms with van der Waals surface area (Å²) in [6.07, 6.45) is 2.21. The molecule has 0 bridgehead atoms. The van der Waals surface area contributed by atoms with Gasteiger partial charge in [-0.2, -0.15) is 0 Å². The molecule has 1 aromatic rings. The first kappa shape index (κ1) is 18.2. The van der Waals surface area contributed by atoms with E-state index in [1.54, 1.807) is 25.1 Å². The Labute approximate surface area is 126 Å². The van der Waals surface area contributed by atoms with Crippen molar-refractivity contribution in [1.29, 1.82) is 0 Å². The molecular formula is C13H21Cl2N3O. The van der Waals surface area contributed by atoms with Crippen LogP contribution in [0.15, 0.2) is 18.2 Å². The van der Waals surface area contributed by atoms with Gasteiger partial charge in [-0.05, 0) is 38.1 Å². The van der Waals surface area contributed by atoms with Gasteiger partial charge in [0.2, 0.25) is 0 Å². The summed E-state index contributed by atoms with van der Waals surface area (Å²) in [6, 6.07) is 5.75. The summed E-state index contributed by atoms with van der Waals surface area (Å²) in [4.78, 5) is 17.9. The van der Waals surface area contributed by atoms with E-state index in [2.05, 4.69) is 10.3 Å². The Morgan fingerprint density at radius 3 is 2.47 bits per heavy atom. The zero-order valence-electron chi connectivity index (χ0n) is 11.3. The molecule has 0 unspecified atom stereocenters. The largest absolute Gasteiger partial charge is 0.343 e. The quantitative estimate of drug-likeness (QED) is 0.910. The zero-order valence-corrected chi connectivity index (χ0v) is 12.9. The third-order valence-electron chi connectivity index (χ3n) is 3.15. The number of amides is 1. The number of hydrogen-bond donors (Lipinski definition) is 1. The van der Waals surface area contributed by atoms with Gasteiger partial charge in [0.1, 0.15) is 5.69 Å². The summed E-state index contributed by atoms with van der Waals surface area (Å²) in [5.74, 6) is 0.465. The van der Waals surface area contributed by atoms with E-state index in [4.69, 9.17) is 0 Å². The molecule has 1 amide bonds. The molecule has 0 aromatic carbocycles. The molecule has 0 saturated carbocycles. The van der Waals surface area contributed by atoms with E-state index in [0.29, 0.717) is 11.6 Å². The van der Waals surface area contributed by atoms with Gasteiger partial charge in [0, 0.05) is 25.7 Å². The lowest BCUT2D eigenvalue weighted by molar-refractivity contribution is 0.0821. The molecule has 1 aliphatic rings. The number of hydrogen-bond acceptors (Lipinski definition) is 3. The second-order valence-electron chi connectivity index (χ2n) is 4.67. The topological polar surface area (TPSA) is 45.2 Å². The Morgan fingerprint density at radius 2 is 1.89 bits per heavy atom. The van der Waals surface area contributed by atoms with Crippen LogP contribution in [0, 0.1) is 0 Å². The summed E-state index contributed by atoms with van der Waals surface area (Å²) in [7, 11) is 3.50. The molecule has 1 saturated heterocycles. The molecule has 0 radical (unpaired) electrons. The maximum absolute atomic E-state index is 11.8. The Bertz CT molecular complexity index is 407. The third kappa shape index (κ3) is 4.64. The predicted octanol–water partition coefficient (Wildman–Crippen LogP) is 2.09. The van der Waals surface area contributed by atoms with E-state index in [9.17, 15) is 4.79 Å². The molecule has 4 nitrogen and oxygen atoms in total. The van der Waals surface area contributed by atoms with E-state index < -0.39 is 0 Å². The molecule has 0 atom stereocenters. The van der Waals surface area contributed by atoms with Gasteiger partial charge in [-0.1, -0.05) is 6.07 Å². The normalized spacial score (nSPS) is 15.1. The Hall–Kier alpha value is -0.840. The Kier molecular flexibility index (Phi) is 7.99. The third-order valence-corrected chi connectivity index (χ3v) is 3.15. The average Bonchev–Trinajstić information content (AvgIpc) is 2.39. The molecule has 1 fully saturated rings. The minimum atomic E-state index is -0.0271. The van der Waals surface area contributed by atoms with Gasteiger partial charge in [-0.3, -0.25) is 4.79 Å². The van der Waals surface area contributed by atoms with Crippen LogP contribution in [-0.2, 0) is 0 Å². The maximum Gasteiger partial charge on any atom is 0.271 e. The number of nitrogens with zero attached hydrogens (tertiary/aromatic N) is 2. The van der Waals surface area contributed by atoms with Gasteiger partial charge in [0.05, 0.1) is 0 Å². The number of pyridine rings is 1. The van der Waals surface area contributed by atoms with Crippen molar-refractivity contribution in [2.24, 2.45) is 0 Å². The lowest BCUT2D eigenvalue weighted by Gasteiger charge is -2.22. The summed E-state index contributed by atoms with van der Waals surface area (Å²) < 4.78 is 0. The minimum absolute atomic E-state index is 0. The fourth-order valence-corrected chi connectivity index (χ4v) is 2.14. The molecule has 1 aliphatic heterocycles. The number of halogens is 2. The van der Waals surface area contributed by atoms with Crippen LogP contribution in [0.3, 0.4) is 0 Å². The Morgan fingerprint density at radius 1 is 1.26 bits per heavy atom. The zero-order chi connectivity index (χ0) is 12.3. The standard InChI is InChI=1S/C13H19N3O.2ClH/c1-16(2)13(17)12-5-3-4-11(15-12)10-6-8-14-9-7-10;;/h3-5,10,14H,6-9H2,1-2H3;2*1H. The summed E-state index contributed by atoms with van der Waals surface area (Å²) >= 11 is 0. The predicted molar refractivity (Wildman–Crippen MR) is 81.6 cm³/mol. The molecule has 2 heterocycles. The fourth-order valence-electron chi connectivity index (χ4n) is 2.14. The van der Waals surface area contributed by atoms with E-state index in [1.165, 1.54) is 0 Å². The second kappa shape index (κ2) is 8.35. The molecule has 1 aromatic heterocycles. The van der Waals surface area contributed by atoms with Crippen molar-refractivity contribution in [3.63, 3.8) is 0 Å². The van der Waals surface area contributed by atoms with Crippen molar-refractivity contribution in [1.82, 2.24) is 15.2 Å². The minimum Gasteiger partial charge on any atom is -0.343 e. The van der Waals surface area contributed by atoms with Gasteiger partial charge in [-0.25, -0.2) is 4.98 Å². The van der Waals surface area contributed by atoms with Crippen LogP contribution in [0.25, 0.3) is 0 Å². The van der Waals surface area contributed by atoms with Crippen LogP contribution in [0.1, 0.15) is 34.9 Å². The van der Waals surface area contributed by atoms with Gasteiger partial charge >= 0.3 is 0 Å². The highest BCUT2D eigenvalue weighted by atomic mass is 35.5. The first-order valence-electron chi connectivity index (χ1n) is 6.08. The molecule has 0 spiro atoms. The smallest absolute Gasteiger partial charge is 0.271 e. The van der Waals surface area contributed by atoms with Gasteiger partial charge in [0.15, 0.2) is 0 Å². The summed E-state index contributed by atoms with van der Waals surface area (Å²) in [5.41, 5.74) is 1.60. The first-order chi connectivity index (χ1) is 8.18. The van der Waals surface area contributed by atoms with Crippen LogP contribution < -0.4 is 5.32 Å². The van der Waals surface area contributed by atoms with Crippen LogP contribution >= 0.6 is 24.8 Å². The van der Waals surface area contributed by atoms with Crippen LogP contribution in [0.4, 0.5) is 0 Å². The van der Waals surface area contributed by atoms with Crippen molar-refractivity contribution >= 4 is 30.7 Å². The van der Waals surface area contributed by atoms with Crippen LogP contribution in [0.5, 0.6) is 0 Å². The van der Waals surface area contributed by atoms with Gasteiger partial charge < -0.3 is 10.2 Å². The molecule has 19 heavy (non-hydrogen) atoms. The lowest BCUT2D eigenvalue weighted by Crippen LogP contribution is -2.28. The summed E-state index contributed by atoms with van der Waals surface area (Å²) in [6.45, 7) is 2.08. The lowest BCUT2D eigenvalue weighted by atomic mass is 9.94. The number of aromatic nitrogens is 1. The highest BCUT2D eigenvalue weighted by Gasteiger charge is 2.18. The number of carbonyl (C=O) groups excluding carboxylic acids is 1. The molecule has 0 aliphatic carbocycles. The second-order valence-corrected chi connectivity index (χ2v) is 4.67. The van der Waals surface area contributed by atoms with Crippen LogP contribution in [-0.4, -0.2) is 43.0 Å². The van der Waals surface area contributed by atoms with Crippen molar-refractivity contribution < 1.29 is 4.79 Å². The molecule has 108 valence electrons. The first-order valence-corrected chi connectivity index (χ1v) is 6.08. The Balaban J connectivity index is 0.00000162. The highest BCUT2D eigenvalue weighted by Crippen LogP contribution is 2.23. The molecular weight excluding hydrogens is 285 g/mol. The number of nitrogens with one attached hydrogen (secondary N) is 1. The molecule has 1 N–H and O–H groups in total. The maximum atomic E-state index is 11.8. The number of carbonyl (C=O) groups is 1. The molecule has 6 heteroatoms. The van der Waals surface area contributed by atoms with E-state index in [-0.39, 0.29) is 30.7 Å².